The van der Waals surface area contributed by atoms with Gasteiger partial charge in [0.25, 0.3) is 0 Å². The minimum Gasteiger partial charge on any atom is -0.493 e. The second-order valence-electron chi connectivity index (χ2n) is 5.18. The Bertz CT molecular complexity index is 1280. The lowest BCUT2D eigenvalue weighted by Gasteiger charge is -2.13. The summed E-state index contributed by atoms with van der Waals surface area (Å²) in [6, 6.07) is -4.01. The highest BCUT2D eigenvalue weighted by atomic mass is 16.5. The fourth-order valence-electron chi connectivity index (χ4n) is 1.79. The van der Waals surface area contributed by atoms with Gasteiger partial charge < -0.3 is 19.3 Å². The van der Waals surface area contributed by atoms with Crippen LogP contribution in [0.1, 0.15) is 56.4 Å². The largest absolute Gasteiger partial charge is 0.493 e. The molecule has 1 N–H and O–H groups in total. The predicted octanol–water partition coefficient (Wildman–Crippen LogP) is 4.47. The molecule has 0 fully saturated rings. The molecular weight excluding hydrogens is 328 g/mol. The third-order valence-corrected chi connectivity index (χ3v) is 3.30. The zero-order valence-corrected chi connectivity index (χ0v) is 14.7. The van der Waals surface area contributed by atoms with E-state index in [4.69, 9.17) is 30.0 Å². The molecule has 2 aromatic rings. The Morgan fingerprint density at radius 1 is 1.12 bits per heavy atom. The van der Waals surface area contributed by atoms with Crippen molar-refractivity contribution in [2.75, 3.05) is 20.8 Å². The lowest BCUT2D eigenvalue weighted by Crippen LogP contribution is -2.17. The number of hydrogen-bond acceptors (Lipinski definition) is 4. The Hall–Kier alpha value is -2.20. The van der Waals surface area contributed by atoms with E-state index in [1.54, 1.807) is 6.92 Å². The highest BCUT2D eigenvalue weighted by molar-refractivity contribution is 5.42. The number of aliphatic hydroxyl groups excluding tert-OH is 1. The number of benzene rings is 2. The standard InChI is InChI=1S/C22H30O4/c1-16-9-11-20(13-17(16)2)26-15-19(23)8-6-5-7-18-10-12-21(24-3)22(14-18)25-4/h9-14,19,23H,5-8,15H2,1-4H3/i3D3,5D2,7D2,8D2,9D,10D,11D,12D,13D,14D. The zero-order valence-electron chi connectivity index (χ0n) is 29.7. The Balaban J connectivity index is 2.44. The van der Waals surface area contributed by atoms with Crippen molar-refractivity contribution < 1.29 is 39.9 Å². The highest BCUT2D eigenvalue weighted by Crippen LogP contribution is 2.28. The van der Waals surface area contributed by atoms with Crippen molar-refractivity contribution in [3.05, 3.63) is 52.9 Å². The van der Waals surface area contributed by atoms with E-state index in [9.17, 15) is 5.11 Å². The lowest BCUT2D eigenvalue weighted by molar-refractivity contribution is 0.0976. The van der Waals surface area contributed by atoms with E-state index in [0.717, 1.165) is 7.11 Å². The maximum Gasteiger partial charge on any atom is 0.160 e. The molecule has 0 aliphatic heterocycles. The van der Waals surface area contributed by atoms with Crippen molar-refractivity contribution >= 4 is 0 Å². The van der Waals surface area contributed by atoms with Crippen LogP contribution in [-0.2, 0) is 6.37 Å². The van der Waals surface area contributed by atoms with Crippen LogP contribution in [0.5, 0.6) is 17.2 Å². The second-order valence-corrected chi connectivity index (χ2v) is 5.18. The zero-order chi connectivity index (χ0) is 32.0. The number of aliphatic hydroxyl groups is 1. The summed E-state index contributed by atoms with van der Waals surface area (Å²) in [5, 5.41) is 10.5. The summed E-state index contributed by atoms with van der Waals surface area (Å²) in [6.07, 6.45) is -13.0. The maximum absolute atomic E-state index is 10.5. The average molecular weight is 374 g/mol. The van der Waals surface area contributed by atoms with E-state index < -0.39 is 92.3 Å². The Kier molecular flexibility index (Phi) is 3.03. The number of ether oxygens (including phenoxy) is 3. The summed E-state index contributed by atoms with van der Waals surface area (Å²) >= 11 is 0. The first-order valence-corrected chi connectivity index (χ1v) is 7.68. The molecule has 0 spiro atoms. The Morgan fingerprint density at radius 3 is 2.73 bits per heavy atom. The van der Waals surface area contributed by atoms with Crippen LogP contribution in [-0.4, -0.2) is 32.0 Å². The van der Waals surface area contributed by atoms with Crippen molar-refractivity contribution in [2.45, 2.75) is 45.5 Å². The molecule has 0 aromatic heterocycles. The Morgan fingerprint density at radius 2 is 1.96 bits per heavy atom. The van der Waals surface area contributed by atoms with Gasteiger partial charge in [0.2, 0.25) is 0 Å². The lowest BCUT2D eigenvalue weighted by atomic mass is 10.0. The molecule has 1 atom stereocenters. The van der Waals surface area contributed by atoms with Gasteiger partial charge in [-0.25, -0.2) is 0 Å². The highest BCUT2D eigenvalue weighted by Gasteiger charge is 2.07. The number of hydrogen-bond donors (Lipinski definition) is 1. The van der Waals surface area contributed by atoms with Gasteiger partial charge in [-0.15, -0.1) is 0 Å². The van der Waals surface area contributed by atoms with Crippen LogP contribution >= 0.6 is 0 Å². The van der Waals surface area contributed by atoms with Gasteiger partial charge in [-0.05, 0) is 73.8 Å². The summed E-state index contributed by atoms with van der Waals surface area (Å²) in [5.74, 6) is -1.98. The third-order valence-electron chi connectivity index (χ3n) is 3.30. The van der Waals surface area contributed by atoms with Gasteiger partial charge in [-0.2, -0.15) is 0 Å². The van der Waals surface area contributed by atoms with Crippen LogP contribution in [0.3, 0.4) is 0 Å². The monoisotopic (exact) mass is 373 g/mol. The van der Waals surface area contributed by atoms with Gasteiger partial charge in [0.1, 0.15) is 12.4 Å². The molecule has 0 aliphatic carbocycles. The molecular formula is C22H30O4. The van der Waals surface area contributed by atoms with Crippen molar-refractivity contribution in [1.82, 2.24) is 0 Å². The van der Waals surface area contributed by atoms with Crippen molar-refractivity contribution in [1.29, 1.82) is 0 Å². The van der Waals surface area contributed by atoms with E-state index in [-0.39, 0.29) is 12.1 Å². The van der Waals surface area contributed by atoms with Crippen LogP contribution in [0.15, 0.2) is 36.3 Å². The fraction of sp³-hybridized carbons (Fsp3) is 0.455. The minimum atomic E-state index is -3.35. The van der Waals surface area contributed by atoms with Crippen LogP contribution < -0.4 is 14.2 Å². The van der Waals surface area contributed by atoms with Crippen LogP contribution in [0.2, 0.25) is 0 Å². The minimum absolute atomic E-state index is 0.229. The van der Waals surface area contributed by atoms with Crippen molar-refractivity contribution in [3.63, 3.8) is 0 Å². The average Bonchev–Trinajstić information content (AvgIpc) is 2.83. The SMILES string of the molecule is [2H]c1c([2H])c(OCC(O)C([2H])([2H])CC([2H])([2H])C([2H])([2H])c2c([2H])c([2H])c(OC([2H])([2H])[2H])c(OC)c2[2H])c([2H])c(C)c1C. The molecule has 0 saturated carbocycles. The van der Waals surface area contributed by atoms with Crippen molar-refractivity contribution in [3.8, 4) is 17.2 Å². The van der Waals surface area contributed by atoms with Gasteiger partial charge in [0, 0.05) is 8.22 Å². The van der Waals surface area contributed by atoms with Gasteiger partial charge in [0.05, 0.1) is 32.6 Å². The molecule has 4 nitrogen and oxygen atoms in total. The first-order valence-electron chi connectivity index (χ1n) is 15.2. The van der Waals surface area contributed by atoms with Gasteiger partial charge >= 0.3 is 0 Å². The normalized spacial score (nSPS) is 22.4. The fourth-order valence-corrected chi connectivity index (χ4v) is 1.79. The quantitative estimate of drug-likeness (QED) is 0.667. The van der Waals surface area contributed by atoms with E-state index >= 15 is 0 Å². The summed E-state index contributed by atoms with van der Waals surface area (Å²) < 4.78 is 136. The van der Waals surface area contributed by atoms with Gasteiger partial charge in [0.15, 0.2) is 11.5 Å². The van der Waals surface area contributed by atoms with E-state index in [1.165, 1.54) is 6.92 Å². The smallest absolute Gasteiger partial charge is 0.160 e. The van der Waals surface area contributed by atoms with Gasteiger partial charge in [-0.3, -0.25) is 0 Å². The van der Waals surface area contributed by atoms with E-state index in [2.05, 4.69) is 4.74 Å². The number of methoxy groups -OCH3 is 2. The van der Waals surface area contributed by atoms with E-state index in [0.29, 0.717) is 11.1 Å². The molecule has 0 amide bonds. The van der Waals surface area contributed by atoms with E-state index in [1.807, 2.05) is 0 Å². The molecule has 4 heteroatoms. The molecule has 142 valence electrons. The third kappa shape index (κ3) is 5.95. The van der Waals surface area contributed by atoms with Crippen LogP contribution in [0.25, 0.3) is 0 Å². The summed E-state index contributed by atoms with van der Waals surface area (Å²) in [6.45, 7) is 2.18. The van der Waals surface area contributed by atoms with Crippen LogP contribution in [0, 0.1) is 13.8 Å². The molecule has 0 radical (unpaired) electrons. The first-order chi connectivity index (χ1) is 18.4. The molecule has 2 aromatic carbocycles. The predicted molar refractivity (Wildman–Crippen MR) is 105 cm³/mol. The molecule has 26 heavy (non-hydrogen) atoms. The van der Waals surface area contributed by atoms with Crippen molar-refractivity contribution in [2.24, 2.45) is 0 Å². The molecule has 0 aliphatic rings. The second kappa shape index (κ2) is 10.1. The summed E-state index contributed by atoms with van der Waals surface area (Å²) in [7, 11) is -2.15. The topological polar surface area (TPSA) is 47.9 Å². The van der Waals surface area contributed by atoms with Crippen LogP contribution in [0.4, 0.5) is 0 Å². The molecule has 0 heterocycles. The molecule has 1 unspecified atom stereocenters. The molecule has 0 saturated heterocycles. The number of rotatable bonds is 10. The maximum atomic E-state index is 10.5. The summed E-state index contributed by atoms with van der Waals surface area (Å²) in [4.78, 5) is 0. The first kappa shape index (κ1) is 7.81. The molecule has 0 bridgehead atoms. The molecule has 2 rings (SSSR count). The Labute approximate surface area is 177 Å². The van der Waals surface area contributed by atoms with Gasteiger partial charge in [-0.1, -0.05) is 18.5 Å². The summed E-state index contributed by atoms with van der Waals surface area (Å²) in [5.41, 5.74) is -0.328.